The molecule has 0 aromatic rings. The van der Waals surface area contributed by atoms with Crippen molar-refractivity contribution in [3.05, 3.63) is 0 Å². The molecule has 2 aliphatic rings. The molecule has 0 aromatic carbocycles. The van der Waals surface area contributed by atoms with Crippen molar-refractivity contribution < 1.29 is 4.79 Å². The van der Waals surface area contributed by atoms with E-state index in [1.54, 1.807) is 0 Å². The normalized spacial score (nSPS) is 23.9. The highest BCUT2D eigenvalue weighted by Gasteiger charge is 2.23. The van der Waals surface area contributed by atoms with E-state index >= 15 is 0 Å². The number of nitrogens with zero attached hydrogens (tertiary/aromatic N) is 2. The minimum atomic E-state index is 0. The van der Waals surface area contributed by atoms with Gasteiger partial charge in [0.1, 0.15) is 0 Å². The molecule has 0 spiro atoms. The van der Waals surface area contributed by atoms with Crippen LogP contribution < -0.4 is 10.6 Å². The SMILES string of the molecule is CCNC(=NCC1CCSCC1)NC1CCC(=O)N(C)C1.I. The van der Waals surface area contributed by atoms with Crippen molar-refractivity contribution in [1.82, 2.24) is 15.5 Å². The molecule has 2 aliphatic heterocycles. The Labute approximate surface area is 155 Å². The third-order valence-corrected chi connectivity index (χ3v) is 5.21. The summed E-state index contributed by atoms with van der Waals surface area (Å²) in [6.45, 7) is 4.64. The molecule has 2 N–H and O–H groups in total. The summed E-state index contributed by atoms with van der Waals surface area (Å²) >= 11 is 2.05. The van der Waals surface area contributed by atoms with Crippen LogP contribution in [-0.4, -0.2) is 61.0 Å². The highest BCUT2D eigenvalue weighted by Crippen LogP contribution is 2.22. The fourth-order valence-corrected chi connectivity index (χ4v) is 4.00. The molecule has 5 nitrogen and oxygen atoms in total. The third kappa shape index (κ3) is 6.52. The topological polar surface area (TPSA) is 56.7 Å². The van der Waals surface area contributed by atoms with Gasteiger partial charge < -0.3 is 15.5 Å². The van der Waals surface area contributed by atoms with Gasteiger partial charge in [-0.25, -0.2) is 0 Å². The molecule has 2 saturated heterocycles. The lowest BCUT2D eigenvalue weighted by atomic mass is 10.0. The van der Waals surface area contributed by atoms with Crippen molar-refractivity contribution in [2.45, 2.75) is 38.6 Å². The summed E-state index contributed by atoms with van der Waals surface area (Å²) in [4.78, 5) is 18.1. The summed E-state index contributed by atoms with van der Waals surface area (Å²) in [6, 6.07) is 0.312. The highest BCUT2D eigenvalue weighted by molar-refractivity contribution is 14.0. The van der Waals surface area contributed by atoms with Crippen molar-refractivity contribution in [2.75, 3.05) is 38.2 Å². The molecule has 128 valence electrons. The van der Waals surface area contributed by atoms with Crippen LogP contribution in [0.25, 0.3) is 0 Å². The van der Waals surface area contributed by atoms with Crippen LogP contribution in [0.2, 0.25) is 0 Å². The number of likely N-dealkylation sites (N-methyl/N-ethyl adjacent to an activating group) is 1. The zero-order chi connectivity index (χ0) is 15.1. The van der Waals surface area contributed by atoms with Gasteiger partial charge in [0.25, 0.3) is 0 Å². The van der Waals surface area contributed by atoms with Crippen LogP contribution >= 0.6 is 35.7 Å². The lowest BCUT2D eigenvalue weighted by Gasteiger charge is -2.31. The number of carbonyl (C=O) groups is 1. The summed E-state index contributed by atoms with van der Waals surface area (Å²) in [5.74, 6) is 4.44. The molecule has 2 fully saturated rings. The molecular formula is C15H29IN4OS. The van der Waals surface area contributed by atoms with Crippen molar-refractivity contribution in [3.8, 4) is 0 Å². The molecular weight excluding hydrogens is 411 g/mol. The van der Waals surface area contributed by atoms with E-state index in [4.69, 9.17) is 4.99 Å². The summed E-state index contributed by atoms with van der Waals surface area (Å²) in [7, 11) is 1.87. The van der Waals surface area contributed by atoms with Gasteiger partial charge in [0.2, 0.25) is 5.91 Å². The van der Waals surface area contributed by atoms with Crippen LogP contribution in [-0.2, 0) is 4.79 Å². The average molecular weight is 440 g/mol. The number of guanidine groups is 1. The van der Waals surface area contributed by atoms with E-state index in [9.17, 15) is 4.79 Å². The maximum Gasteiger partial charge on any atom is 0.222 e. The second-order valence-electron chi connectivity index (χ2n) is 5.93. The average Bonchev–Trinajstić information content (AvgIpc) is 2.50. The number of aliphatic imine (C=N–C) groups is 1. The number of piperidine rings is 1. The number of hydrogen-bond donors (Lipinski definition) is 2. The first-order valence-corrected chi connectivity index (χ1v) is 9.21. The van der Waals surface area contributed by atoms with Gasteiger partial charge in [0.05, 0.1) is 0 Å². The van der Waals surface area contributed by atoms with E-state index in [1.807, 2.05) is 11.9 Å². The van der Waals surface area contributed by atoms with Gasteiger partial charge in [-0.05, 0) is 43.6 Å². The molecule has 1 amide bonds. The minimum Gasteiger partial charge on any atom is -0.357 e. The number of carbonyl (C=O) groups excluding carboxylic acids is 1. The van der Waals surface area contributed by atoms with Crippen molar-refractivity contribution in [3.63, 3.8) is 0 Å². The van der Waals surface area contributed by atoms with Crippen molar-refractivity contribution >= 4 is 47.6 Å². The fourth-order valence-electron chi connectivity index (χ4n) is 2.79. The number of halogens is 1. The predicted molar refractivity (Wildman–Crippen MR) is 105 cm³/mol. The van der Waals surface area contributed by atoms with E-state index in [-0.39, 0.29) is 29.9 Å². The smallest absolute Gasteiger partial charge is 0.222 e. The van der Waals surface area contributed by atoms with Crippen molar-refractivity contribution in [2.24, 2.45) is 10.9 Å². The second kappa shape index (κ2) is 10.6. The van der Waals surface area contributed by atoms with Gasteiger partial charge in [0, 0.05) is 39.1 Å². The number of rotatable bonds is 4. The standard InChI is InChI=1S/C15H28N4OS.HI/c1-3-16-15(17-10-12-6-8-21-9-7-12)18-13-4-5-14(20)19(2)11-13;/h12-13H,3-11H2,1-2H3,(H2,16,17,18);1H. The monoisotopic (exact) mass is 440 g/mol. The maximum atomic E-state index is 11.5. The molecule has 0 radical (unpaired) electrons. The summed E-state index contributed by atoms with van der Waals surface area (Å²) in [5.41, 5.74) is 0. The molecule has 1 atom stereocenters. The molecule has 2 heterocycles. The first-order chi connectivity index (χ1) is 10.2. The van der Waals surface area contributed by atoms with Crippen LogP contribution in [0.15, 0.2) is 4.99 Å². The van der Waals surface area contributed by atoms with Crippen LogP contribution in [0.5, 0.6) is 0 Å². The molecule has 0 saturated carbocycles. The Balaban J connectivity index is 0.00000242. The molecule has 0 bridgehead atoms. The number of hydrogen-bond acceptors (Lipinski definition) is 3. The summed E-state index contributed by atoms with van der Waals surface area (Å²) in [5, 5.41) is 6.81. The minimum absolute atomic E-state index is 0. The molecule has 7 heteroatoms. The lowest BCUT2D eigenvalue weighted by molar-refractivity contribution is -0.132. The van der Waals surface area contributed by atoms with Gasteiger partial charge in [-0.15, -0.1) is 24.0 Å². The summed E-state index contributed by atoms with van der Waals surface area (Å²) in [6.07, 6.45) is 4.10. The van der Waals surface area contributed by atoms with Gasteiger partial charge in [-0.1, -0.05) is 0 Å². The number of likely N-dealkylation sites (tertiary alicyclic amines) is 1. The number of nitrogens with one attached hydrogen (secondary N) is 2. The van der Waals surface area contributed by atoms with Crippen LogP contribution in [0.3, 0.4) is 0 Å². The second-order valence-corrected chi connectivity index (χ2v) is 7.15. The quantitative estimate of drug-likeness (QED) is 0.399. The number of thioether (sulfide) groups is 1. The molecule has 2 rings (SSSR count). The van der Waals surface area contributed by atoms with E-state index < -0.39 is 0 Å². The molecule has 1 unspecified atom stereocenters. The Morgan fingerprint density at radius 2 is 2.09 bits per heavy atom. The largest absolute Gasteiger partial charge is 0.357 e. The Bertz CT molecular complexity index is 375. The van der Waals surface area contributed by atoms with Gasteiger partial charge >= 0.3 is 0 Å². The highest BCUT2D eigenvalue weighted by atomic mass is 127. The van der Waals surface area contributed by atoms with Crippen LogP contribution in [0, 0.1) is 5.92 Å². The summed E-state index contributed by atoms with van der Waals surface area (Å²) < 4.78 is 0. The maximum absolute atomic E-state index is 11.5. The van der Waals surface area contributed by atoms with E-state index in [0.29, 0.717) is 12.5 Å². The third-order valence-electron chi connectivity index (χ3n) is 4.16. The van der Waals surface area contributed by atoms with E-state index in [0.717, 1.165) is 37.9 Å². The zero-order valence-corrected chi connectivity index (χ0v) is 16.8. The lowest BCUT2D eigenvalue weighted by Crippen LogP contribution is -2.51. The van der Waals surface area contributed by atoms with E-state index in [1.165, 1.54) is 24.3 Å². The first-order valence-electron chi connectivity index (χ1n) is 8.05. The number of amides is 1. The zero-order valence-electron chi connectivity index (χ0n) is 13.6. The Hall–Kier alpha value is -0.180. The van der Waals surface area contributed by atoms with Gasteiger partial charge in [-0.3, -0.25) is 9.79 Å². The Kier molecular flexibility index (Phi) is 9.54. The van der Waals surface area contributed by atoms with E-state index in [2.05, 4.69) is 29.3 Å². The predicted octanol–water partition coefficient (Wildman–Crippen LogP) is 1.92. The molecule has 0 aliphatic carbocycles. The van der Waals surface area contributed by atoms with Gasteiger partial charge in [0.15, 0.2) is 5.96 Å². The Morgan fingerprint density at radius 3 is 2.73 bits per heavy atom. The first kappa shape index (κ1) is 19.9. The van der Waals surface area contributed by atoms with Crippen LogP contribution in [0.1, 0.15) is 32.6 Å². The van der Waals surface area contributed by atoms with Crippen LogP contribution in [0.4, 0.5) is 0 Å². The Morgan fingerprint density at radius 1 is 1.36 bits per heavy atom. The molecule has 0 aromatic heterocycles. The van der Waals surface area contributed by atoms with Gasteiger partial charge in [-0.2, -0.15) is 11.8 Å². The van der Waals surface area contributed by atoms with Crippen molar-refractivity contribution in [1.29, 1.82) is 0 Å². The molecule has 22 heavy (non-hydrogen) atoms. The fraction of sp³-hybridized carbons (Fsp3) is 0.867.